The van der Waals surface area contributed by atoms with E-state index in [-0.39, 0.29) is 6.54 Å². The largest absolute Gasteiger partial charge is 0.497 e. The number of benzene rings is 2. The first-order valence-electron chi connectivity index (χ1n) is 9.85. The monoisotopic (exact) mass is 411 g/mol. The van der Waals surface area contributed by atoms with Crippen molar-refractivity contribution in [2.24, 2.45) is 0 Å². The van der Waals surface area contributed by atoms with Crippen LogP contribution in [0, 0.1) is 0 Å². The summed E-state index contributed by atoms with van der Waals surface area (Å²) in [5, 5.41) is 3.54. The lowest BCUT2D eigenvalue weighted by Gasteiger charge is -2.25. The van der Waals surface area contributed by atoms with Crippen LogP contribution in [0.25, 0.3) is 0 Å². The second kappa shape index (κ2) is 8.96. The van der Waals surface area contributed by atoms with E-state index in [0.717, 1.165) is 21.2 Å². The summed E-state index contributed by atoms with van der Waals surface area (Å²) in [6, 6.07) is 16.0. The van der Waals surface area contributed by atoms with Gasteiger partial charge in [0.15, 0.2) is 6.54 Å². The van der Waals surface area contributed by atoms with Crippen molar-refractivity contribution in [3.63, 3.8) is 0 Å². The molecule has 4 amide bonds. The number of amides is 4. The predicted molar refractivity (Wildman–Crippen MR) is 110 cm³/mol. The Labute approximate surface area is 175 Å². The van der Waals surface area contributed by atoms with Crippen LogP contribution in [0.2, 0.25) is 0 Å². The van der Waals surface area contributed by atoms with Crippen molar-refractivity contribution in [2.45, 2.75) is 25.4 Å². The summed E-state index contributed by atoms with van der Waals surface area (Å²) in [6.07, 6.45) is 0.370. The number of hydrazine groups is 1. The van der Waals surface area contributed by atoms with Gasteiger partial charge >= 0.3 is 6.03 Å². The van der Waals surface area contributed by atoms with Crippen molar-refractivity contribution in [1.29, 1.82) is 0 Å². The van der Waals surface area contributed by atoms with Crippen LogP contribution in [0.5, 0.6) is 5.75 Å². The highest BCUT2D eigenvalue weighted by molar-refractivity contribution is 6.08. The fraction of sp³-hybridized carbons (Fsp3) is 0.318. The number of nitrogens with zero attached hydrogens (tertiary/aromatic N) is 1. The lowest BCUT2D eigenvalue weighted by atomic mass is 9.87. The molecule has 1 fully saturated rings. The zero-order chi connectivity index (χ0) is 21.7. The molecule has 0 aromatic heterocycles. The van der Waals surface area contributed by atoms with Gasteiger partial charge in [-0.25, -0.2) is 4.79 Å². The molecule has 8 heteroatoms. The van der Waals surface area contributed by atoms with Crippen molar-refractivity contribution in [3.8, 4) is 5.75 Å². The van der Waals surface area contributed by atoms with Gasteiger partial charge in [-0.15, -0.1) is 0 Å². The predicted octanol–water partition coefficient (Wildman–Crippen LogP) is 0.598. The van der Waals surface area contributed by atoms with Gasteiger partial charge in [0.2, 0.25) is 0 Å². The number of nitrogens with one attached hydrogen (secondary N) is 3. The molecule has 0 saturated carbocycles. The van der Waals surface area contributed by atoms with Crippen molar-refractivity contribution in [2.75, 3.05) is 20.7 Å². The van der Waals surface area contributed by atoms with Gasteiger partial charge in [0, 0.05) is 5.56 Å². The molecule has 1 aliphatic heterocycles. The molecule has 30 heavy (non-hydrogen) atoms. The highest BCUT2D eigenvalue weighted by Crippen LogP contribution is 2.31. The third-order valence-electron chi connectivity index (χ3n) is 5.23. The topological polar surface area (TPSA) is 92.2 Å². The molecule has 158 valence electrons. The number of hydrogen-bond donors (Lipinski definition) is 3. The van der Waals surface area contributed by atoms with Gasteiger partial charge < -0.3 is 15.0 Å². The Morgan fingerprint density at radius 1 is 1.17 bits per heavy atom. The number of likely N-dealkylation sites (N-methyl/N-ethyl adjacent to an activating group) is 1. The molecule has 0 aliphatic carbocycles. The number of methoxy groups -OCH3 is 1. The molecule has 1 saturated heterocycles. The molecule has 1 heterocycles. The Morgan fingerprint density at radius 2 is 1.90 bits per heavy atom. The maximum Gasteiger partial charge on any atom is 0.344 e. The summed E-state index contributed by atoms with van der Waals surface area (Å²) >= 11 is 0. The quantitative estimate of drug-likeness (QED) is 0.555. The van der Waals surface area contributed by atoms with Crippen LogP contribution in [0.1, 0.15) is 24.5 Å². The van der Waals surface area contributed by atoms with E-state index in [2.05, 4.69) is 10.7 Å². The third kappa shape index (κ3) is 4.28. The minimum Gasteiger partial charge on any atom is -0.497 e. The molecule has 2 atom stereocenters. The number of carbonyl (C=O) groups excluding carboxylic acids is 3. The average Bonchev–Trinajstić information content (AvgIpc) is 2.99. The van der Waals surface area contributed by atoms with Crippen LogP contribution in [-0.2, 0) is 21.7 Å². The Kier molecular flexibility index (Phi) is 6.37. The lowest BCUT2D eigenvalue weighted by molar-refractivity contribution is -0.885. The van der Waals surface area contributed by atoms with Gasteiger partial charge in [-0.1, -0.05) is 49.4 Å². The molecule has 1 unspecified atom stereocenters. The van der Waals surface area contributed by atoms with E-state index in [0.29, 0.717) is 18.5 Å². The molecule has 0 spiro atoms. The zero-order valence-corrected chi connectivity index (χ0v) is 17.4. The molecule has 2 aromatic rings. The summed E-state index contributed by atoms with van der Waals surface area (Å²) in [7, 11) is 3.47. The van der Waals surface area contributed by atoms with E-state index in [4.69, 9.17) is 4.74 Å². The molecule has 3 N–H and O–H groups in total. The second-order valence-corrected chi connectivity index (χ2v) is 7.39. The van der Waals surface area contributed by atoms with Gasteiger partial charge in [0.05, 0.1) is 14.2 Å². The first-order chi connectivity index (χ1) is 14.4. The van der Waals surface area contributed by atoms with Crippen molar-refractivity contribution < 1.29 is 24.0 Å². The summed E-state index contributed by atoms with van der Waals surface area (Å²) in [6.45, 7) is 2.51. The average molecular weight is 411 g/mol. The maximum atomic E-state index is 13.1. The summed E-state index contributed by atoms with van der Waals surface area (Å²) < 4.78 is 5.22. The Bertz CT molecular complexity index is 934. The Hall–Kier alpha value is -3.39. The number of hydrogen-bond acceptors (Lipinski definition) is 4. The van der Waals surface area contributed by atoms with Crippen molar-refractivity contribution >= 4 is 17.8 Å². The number of carbonyl (C=O) groups is 3. The van der Waals surface area contributed by atoms with E-state index in [9.17, 15) is 14.4 Å². The highest BCUT2D eigenvalue weighted by atomic mass is 16.5. The number of ether oxygens (including phenoxy) is 1. The van der Waals surface area contributed by atoms with Gasteiger partial charge in [-0.2, -0.15) is 5.01 Å². The molecule has 1 aliphatic rings. The molecule has 0 bridgehead atoms. The van der Waals surface area contributed by atoms with Crippen molar-refractivity contribution in [3.05, 3.63) is 65.7 Å². The van der Waals surface area contributed by atoms with Crippen LogP contribution in [0.15, 0.2) is 54.6 Å². The first-order valence-corrected chi connectivity index (χ1v) is 9.85. The fourth-order valence-electron chi connectivity index (χ4n) is 3.67. The number of rotatable bonds is 8. The SMILES string of the molecule is CC[C@]1(c2ccccc2)NC(=O)N(NC(=O)C[NH+](C)Cc2cccc(OC)c2)C1=O. The maximum absolute atomic E-state index is 13.1. The van der Waals surface area contributed by atoms with Crippen LogP contribution in [0.3, 0.4) is 0 Å². The fourth-order valence-corrected chi connectivity index (χ4v) is 3.67. The third-order valence-corrected chi connectivity index (χ3v) is 5.23. The van der Waals surface area contributed by atoms with E-state index in [1.54, 1.807) is 19.2 Å². The molecule has 8 nitrogen and oxygen atoms in total. The van der Waals surface area contributed by atoms with E-state index in [1.807, 2.05) is 56.4 Å². The van der Waals surface area contributed by atoms with Gasteiger partial charge in [0.25, 0.3) is 11.8 Å². The molecule has 3 rings (SSSR count). The van der Waals surface area contributed by atoms with Crippen LogP contribution in [-0.4, -0.2) is 43.6 Å². The Balaban J connectivity index is 1.64. The van der Waals surface area contributed by atoms with Gasteiger partial charge in [-0.05, 0) is 24.1 Å². The standard InChI is InChI=1S/C22H26N4O4/c1-4-22(17-10-6-5-7-11-17)20(28)26(21(29)23-22)24-19(27)15-25(2)14-16-9-8-12-18(13-16)30-3/h5-13H,4,14-15H2,1-3H3,(H,23,29)(H,24,27)/p+1/t22-/m1/s1. The molecule has 0 radical (unpaired) electrons. The molecular formula is C22H27N4O4+. The van der Waals surface area contributed by atoms with Gasteiger partial charge in [0.1, 0.15) is 17.8 Å². The normalized spacial score (nSPS) is 19.4. The summed E-state index contributed by atoms with van der Waals surface area (Å²) in [5.74, 6) is -0.153. The molecule has 2 aromatic carbocycles. The lowest BCUT2D eigenvalue weighted by Crippen LogP contribution is -3.09. The van der Waals surface area contributed by atoms with Crippen LogP contribution >= 0.6 is 0 Å². The number of urea groups is 1. The van der Waals surface area contributed by atoms with Crippen LogP contribution < -0.4 is 20.4 Å². The van der Waals surface area contributed by atoms with E-state index >= 15 is 0 Å². The van der Waals surface area contributed by atoms with E-state index in [1.165, 1.54) is 0 Å². The first kappa shape index (κ1) is 21.3. The highest BCUT2D eigenvalue weighted by Gasteiger charge is 2.52. The Morgan fingerprint density at radius 3 is 2.57 bits per heavy atom. The van der Waals surface area contributed by atoms with E-state index < -0.39 is 23.4 Å². The summed E-state index contributed by atoms with van der Waals surface area (Å²) in [5.41, 5.74) is 2.99. The minimum absolute atomic E-state index is 0.0960. The zero-order valence-electron chi connectivity index (χ0n) is 17.4. The van der Waals surface area contributed by atoms with Crippen LogP contribution in [0.4, 0.5) is 4.79 Å². The van der Waals surface area contributed by atoms with Crippen molar-refractivity contribution in [1.82, 2.24) is 15.8 Å². The minimum atomic E-state index is -1.18. The smallest absolute Gasteiger partial charge is 0.344 e. The number of quaternary nitrogens is 1. The molecular weight excluding hydrogens is 384 g/mol. The number of imide groups is 1. The summed E-state index contributed by atoms with van der Waals surface area (Å²) in [4.78, 5) is 39.0. The van der Waals surface area contributed by atoms with Gasteiger partial charge in [-0.3, -0.25) is 15.0 Å². The second-order valence-electron chi connectivity index (χ2n) is 7.39.